The van der Waals surface area contributed by atoms with Crippen LogP contribution in [0.1, 0.15) is 16.1 Å². The predicted octanol–water partition coefficient (Wildman–Crippen LogP) is 4.22. The summed E-state index contributed by atoms with van der Waals surface area (Å²) in [6, 6.07) is 18.0. The minimum Gasteiger partial charge on any atom is -0.464 e. The van der Waals surface area contributed by atoms with Gasteiger partial charge in [0.05, 0.1) is 18.9 Å². The molecule has 0 spiro atoms. The largest absolute Gasteiger partial charge is 0.464 e. The highest BCUT2D eigenvalue weighted by atomic mass is 16.5. The molecule has 0 N–H and O–H groups in total. The molecule has 0 saturated heterocycles. The first-order valence-corrected chi connectivity index (χ1v) is 7.39. The summed E-state index contributed by atoms with van der Waals surface area (Å²) in [5.74, 6) is -0.364. The second-order valence-corrected chi connectivity index (χ2v) is 5.42. The third-order valence-electron chi connectivity index (χ3n) is 4.13. The van der Waals surface area contributed by atoms with Crippen molar-refractivity contribution in [1.82, 2.24) is 4.57 Å². The Morgan fingerprint density at radius 1 is 1.13 bits per heavy atom. The summed E-state index contributed by atoms with van der Waals surface area (Å²) >= 11 is 0. The molecule has 2 heterocycles. The van der Waals surface area contributed by atoms with Gasteiger partial charge in [-0.3, -0.25) is 0 Å². The van der Waals surface area contributed by atoms with Crippen molar-refractivity contribution < 1.29 is 13.9 Å². The maximum atomic E-state index is 12.1. The number of ether oxygens (including phenoxy) is 1. The first-order chi connectivity index (χ1) is 11.3. The summed E-state index contributed by atoms with van der Waals surface area (Å²) in [5.41, 5.74) is 3.21. The first kappa shape index (κ1) is 13.6. The lowest BCUT2D eigenvalue weighted by atomic mass is 10.0. The summed E-state index contributed by atoms with van der Waals surface area (Å²) in [4.78, 5) is 12.1. The molecule has 0 unspecified atom stereocenters. The van der Waals surface area contributed by atoms with E-state index in [1.54, 1.807) is 12.3 Å². The van der Waals surface area contributed by atoms with Crippen LogP contribution in [0.5, 0.6) is 0 Å². The van der Waals surface area contributed by atoms with Crippen LogP contribution < -0.4 is 0 Å². The molecule has 0 fully saturated rings. The molecule has 0 saturated carbocycles. The molecule has 0 aliphatic rings. The topological polar surface area (TPSA) is 44.4 Å². The van der Waals surface area contributed by atoms with E-state index in [0.29, 0.717) is 17.8 Å². The Balaban J connectivity index is 1.89. The standard InChI is InChI=1S/C19H15NO3/c1-22-19(21)17-11-18-16(9-10-23-18)20(17)12-14-7-4-6-13-5-2-3-8-15(13)14/h2-11H,12H2,1H3. The number of nitrogens with zero attached hydrogens (tertiary/aromatic N) is 1. The summed E-state index contributed by atoms with van der Waals surface area (Å²) in [5, 5.41) is 2.36. The zero-order valence-corrected chi connectivity index (χ0v) is 12.7. The smallest absolute Gasteiger partial charge is 0.354 e. The number of methoxy groups -OCH3 is 1. The van der Waals surface area contributed by atoms with Crippen molar-refractivity contribution >= 4 is 27.8 Å². The normalized spacial score (nSPS) is 11.2. The Labute approximate surface area is 132 Å². The number of fused-ring (bicyclic) bond motifs is 2. The van der Waals surface area contributed by atoms with E-state index in [0.717, 1.165) is 11.1 Å². The third kappa shape index (κ3) is 2.19. The zero-order valence-electron chi connectivity index (χ0n) is 12.7. The van der Waals surface area contributed by atoms with Crippen LogP contribution in [0, 0.1) is 0 Å². The monoisotopic (exact) mass is 305 g/mol. The maximum Gasteiger partial charge on any atom is 0.354 e. The fraction of sp³-hybridized carbons (Fsp3) is 0.105. The van der Waals surface area contributed by atoms with Crippen molar-refractivity contribution in [2.75, 3.05) is 7.11 Å². The molecule has 23 heavy (non-hydrogen) atoms. The van der Waals surface area contributed by atoms with Gasteiger partial charge in [0, 0.05) is 18.7 Å². The second-order valence-electron chi connectivity index (χ2n) is 5.42. The van der Waals surface area contributed by atoms with Gasteiger partial charge in [-0.15, -0.1) is 0 Å². The lowest BCUT2D eigenvalue weighted by molar-refractivity contribution is 0.0589. The highest BCUT2D eigenvalue weighted by Gasteiger charge is 2.18. The van der Waals surface area contributed by atoms with E-state index in [2.05, 4.69) is 24.3 Å². The van der Waals surface area contributed by atoms with Gasteiger partial charge in [-0.1, -0.05) is 42.5 Å². The van der Waals surface area contributed by atoms with Crippen LogP contribution in [0.2, 0.25) is 0 Å². The minimum absolute atomic E-state index is 0.364. The molecule has 0 radical (unpaired) electrons. The fourth-order valence-electron chi connectivity index (χ4n) is 3.02. The van der Waals surface area contributed by atoms with E-state index >= 15 is 0 Å². The fourth-order valence-corrected chi connectivity index (χ4v) is 3.02. The molecule has 4 nitrogen and oxygen atoms in total. The molecular weight excluding hydrogens is 290 g/mol. The second kappa shape index (κ2) is 5.32. The molecule has 4 aromatic rings. The van der Waals surface area contributed by atoms with E-state index in [1.165, 1.54) is 17.9 Å². The summed E-state index contributed by atoms with van der Waals surface area (Å²) in [6.07, 6.45) is 1.63. The highest BCUT2D eigenvalue weighted by molar-refractivity contribution is 5.94. The Hall–Kier alpha value is -3.01. The summed E-state index contributed by atoms with van der Waals surface area (Å²) < 4.78 is 12.3. The van der Waals surface area contributed by atoms with Crippen LogP contribution in [0.25, 0.3) is 21.9 Å². The van der Waals surface area contributed by atoms with Crippen molar-refractivity contribution in [3.8, 4) is 0 Å². The molecule has 0 amide bonds. The quantitative estimate of drug-likeness (QED) is 0.532. The van der Waals surface area contributed by atoms with Gasteiger partial charge in [-0.05, 0) is 16.3 Å². The van der Waals surface area contributed by atoms with Crippen molar-refractivity contribution in [3.63, 3.8) is 0 Å². The third-order valence-corrected chi connectivity index (χ3v) is 4.13. The Morgan fingerprint density at radius 2 is 1.96 bits per heavy atom. The lowest BCUT2D eigenvalue weighted by Crippen LogP contribution is -2.11. The van der Waals surface area contributed by atoms with Crippen LogP contribution in [0.4, 0.5) is 0 Å². The highest BCUT2D eigenvalue weighted by Crippen LogP contribution is 2.25. The molecule has 4 rings (SSSR count). The van der Waals surface area contributed by atoms with E-state index in [4.69, 9.17) is 9.15 Å². The SMILES string of the molecule is COC(=O)c1cc2occc2n1Cc1cccc2ccccc12. The molecule has 4 heteroatoms. The molecule has 0 aliphatic carbocycles. The van der Waals surface area contributed by atoms with Crippen LogP contribution in [-0.4, -0.2) is 17.6 Å². The van der Waals surface area contributed by atoms with E-state index in [-0.39, 0.29) is 5.97 Å². The number of hydrogen-bond donors (Lipinski definition) is 0. The van der Waals surface area contributed by atoms with Crippen LogP contribution in [0.15, 0.2) is 65.3 Å². The van der Waals surface area contributed by atoms with Gasteiger partial charge in [0.2, 0.25) is 0 Å². The van der Waals surface area contributed by atoms with Gasteiger partial charge in [0.1, 0.15) is 5.69 Å². The van der Waals surface area contributed by atoms with Crippen LogP contribution >= 0.6 is 0 Å². The molecule has 2 aromatic heterocycles. The summed E-state index contributed by atoms with van der Waals surface area (Å²) in [7, 11) is 1.39. The van der Waals surface area contributed by atoms with E-state index in [9.17, 15) is 4.79 Å². The number of carbonyl (C=O) groups is 1. The molecule has 0 bridgehead atoms. The minimum atomic E-state index is -0.364. The predicted molar refractivity (Wildman–Crippen MR) is 88.6 cm³/mol. The Kier molecular flexibility index (Phi) is 3.15. The zero-order chi connectivity index (χ0) is 15.8. The maximum absolute atomic E-state index is 12.1. The number of furan rings is 1. The van der Waals surface area contributed by atoms with Crippen LogP contribution in [-0.2, 0) is 11.3 Å². The van der Waals surface area contributed by atoms with E-state index < -0.39 is 0 Å². The first-order valence-electron chi connectivity index (χ1n) is 7.39. The molecule has 114 valence electrons. The average molecular weight is 305 g/mol. The number of esters is 1. The van der Waals surface area contributed by atoms with E-state index in [1.807, 2.05) is 28.8 Å². The molecule has 2 aromatic carbocycles. The van der Waals surface area contributed by atoms with Gasteiger partial charge in [0.15, 0.2) is 5.58 Å². The van der Waals surface area contributed by atoms with Crippen LogP contribution in [0.3, 0.4) is 0 Å². The van der Waals surface area contributed by atoms with Crippen molar-refractivity contribution in [2.45, 2.75) is 6.54 Å². The Bertz CT molecular complexity index is 1000. The molecule has 0 atom stereocenters. The van der Waals surface area contributed by atoms with Gasteiger partial charge in [0.25, 0.3) is 0 Å². The van der Waals surface area contributed by atoms with Gasteiger partial charge in [-0.25, -0.2) is 4.79 Å². The van der Waals surface area contributed by atoms with Gasteiger partial charge < -0.3 is 13.7 Å². The number of rotatable bonds is 3. The average Bonchev–Trinajstić information content (AvgIpc) is 3.17. The molecule has 0 aliphatic heterocycles. The Morgan fingerprint density at radius 3 is 2.83 bits per heavy atom. The number of aromatic nitrogens is 1. The molecular formula is C19H15NO3. The number of hydrogen-bond acceptors (Lipinski definition) is 3. The van der Waals surface area contributed by atoms with Crippen molar-refractivity contribution in [1.29, 1.82) is 0 Å². The van der Waals surface area contributed by atoms with Gasteiger partial charge >= 0.3 is 5.97 Å². The van der Waals surface area contributed by atoms with Crippen molar-refractivity contribution in [2.24, 2.45) is 0 Å². The van der Waals surface area contributed by atoms with Gasteiger partial charge in [-0.2, -0.15) is 0 Å². The lowest BCUT2D eigenvalue weighted by Gasteiger charge is -2.11. The number of benzene rings is 2. The number of carbonyl (C=O) groups excluding carboxylic acids is 1. The summed E-state index contributed by atoms with van der Waals surface area (Å²) in [6.45, 7) is 0.578. The van der Waals surface area contributed by atoms with Crippen molar-refractivity contribution in [3.05, 3.63) is 72.1 Å².